The Bertz CT molecular complexity index is 654. The number of hydrogen-bond donors (Lipinski definition) is 1. The highest BCUT2D eigenvalue weighted by molar-refractivity contribution is 7.99. The van der Waals surface area contributed by atoms with Crippen LogP contribution in [0.2, 0.25) is 0 Å². The van der Waals surface area contributed by atoms with Gasteiger partial charge in [0, 0.05) is 29.1 Å². The molecule has 2 N–H and O–H groups in total. The van der Waals surface area contributed by atoms with Gasteiger partial charge in [0.15, 0.2) is 9.84 Å². The van der Waals surface area contributed by atoms with Crippen LogP contribution in [0.4, 0.5) is 11.4 Å². The van der Waals surface area contributed by atoms with E-state index in [0.717, 1.165) is 16.9 Å². The predicted octanol–water partition coefficient (Wildman–Crippen LogP) is 1.53. The second-order valence-corrected chi connectivity index (χ2v) is 9.02. The second-order valence-electron chi connectivity index (χ2n) is 5.31. The Morgan fingerprint density at radius 2 is 2.05 bits per heavy atom. The topological polar surface area (TPSA) is 80.5 Å². The van der Waals surface area contributed by atoms with Gasteiger partial charge in [-0.25, -0.2) is 8.42 Å². The normalized spacial score (nSPS) is 15.8. The summed E-state index contributed by atoms with van der Waals surface area (Å²) >= 11 is 1.64. The molecule has 0 aromatic heterocycles. The van der Waals surface area contributed by atoms with Gasteiger partial charge in [0.2, 0.25) is 5.91 Å². The Balaban J connectivity index is 2.47. The predicted molar refractivity (Wildman–Crippen MR) is 82.9 cm³/mol. The van der Waals surface area contributed by atoms with Crippen molar-refractivity contribution in [3.8, 4) is 0 Å². The van der Waals surface area contributed by atoms with E-state index in [9.17, 15) is 13.2 Å². The van der Waals surface area contributed by atoms with E-state index < -0.39 is 20.5 Å². The SMILES string of the molecule is CC(C)(C(=O)N1CCSc2ccc(N)cc21)S(C)(=O)=O. The Labute approximate surface area is 123 Å². The van der Waals surface area contributed by atoms with Crippen molar-refractivity contribution in [2.75, 3.05) is 29.2 Å². The fourth-order valence-corrected chi connectivity index (χ4v) is 3.33. The van der Waals surface area contributed by atoms with E-state index >= 15 is 0 Å². The van der Waals surface area contributed by atoms with Gasteiger partial charge in [0.05, 0.1) is 5.69 Å². The molecule has 0 unspecified atom stereocenters. The molecule has 0 fully saturated rings. The summed E-state index contributed by atoms with van der Waals surface area (Å²) in [5.74, 6) is 0.329. The Morgan fingerprint density at radius 3 is 2.65 bits per heavy atom. The van der Waals surface area contributed by atoms with Crippen molar-refractivity contribution in [1.29, 1.82) is 0 Å². The van der Waals surface area contributed by atoms with Crippen molar-refractivity contribution in [2.24, 2.45) is 0 Å². The zero-order valence-electron chi connectivity index (χ0n) is 11.7. The summed E-state index contributed by atoms with van der Waals surface area (Å²) in [4.78, 5) is 15.1. The lowest BCUT2D eigenvalue weighted by molar-refractivity contribution is -0.120. The van der Waals surface area contributed by atoms with Gasteiger partial charge >= 0.3 is 0 Å². The number of fused-ring (bicyclic) bond motifs is 1. The van der Waals surface area contributed by atoms with Crippen LogP contribution in [0, 0.1) is 0 Å². The van der Waals surface area contributed by atoms with E-state index in [0.29, 0.717) is 17.9 Å². The molecule has 0 saturated carbocycles. The second kappa shape index (κ2) is 4.96. The van der Waals surface area contributed by atoms with Crippen LogP contribution < -0.4 is 10.6 Å². The minimum atomic E-state index is -3.49. The highest BCUT2D eigenvalue weighted by Crippen LogP contribution is 2.37. The van der Waals surface area contributed by atoms with Gasteiger partial charge in [-0.2, -0.15) is 0 Å². The van der Waals surface area contributed by atoms with Crippen molar-refractivity contribution in [2.45, 2.75) is 23.5 Å². The zero-order chi connectivity index (χ0) is 15.1. The first-order chi connectivity index (χ1) is 9.14. The molecule has 1 aromatic rings. The third kappa shape index (κ3) is 2.52. The minimum absolute atomic E-state index is 0.410. The third-order valence-electron chi connectivity index (χ3n) is 3.53. The quantitative estimate of drug-likeness (QED) is 0.837. The number of nitrogens with two attached hydrogens (primary N) is 1. The molecule has 1 aliphatic rings. The summed E-state index contributed by atoms with van der Waals surface area (Å²) in [6.45, 7) is 3.37. The molecule has 0 spiro atoms. The van der Waals surface area contributed by atoms with E-state index in [-0.39, 0.29) is 0 Å². The molecule has 1 amide bonds. The lowest BCUT2D eigenvalue weighted by Crippen LogP contribution is -2.51. The standard InChI is InChI=1S/C13H18N2O3S2/c1-13(2,20(3,17)18)12(16)15-6-7-19-11-5-4-9(14)8-10(11)15/h4-5,8H,6-7,14H2,1-3H3. The molecule has 7 heteroatoms. The third-order valence-corrected chi connectivity index (χ3v) is 6.60. The van der Waals surface area contributed by atoms with Crippen molar-refractivity contribution in [3.05, 3.63) is 18.2 Å². The van der Waals surface area contributed by atoms with Crippen LogP contribution in [0.3, 0.4) is 0 Å². The van der Waals surface area contributed by atoms with Gasteiger partial charge in [0.25, 0.3) is 0 Å². The molecule has 2 rings (SSSR count). The number of carbonyl (C=O) groups excluding carboxylic acids is 1. The zero-order valence-corrected chi connectivity index (χ0v) is 13.3. The maximum absolute atomic E-state index is 12.6. The molecular formula is C13H18N2O3S2. The maximum Gasteiger partial charge on any atom is 0.247 e. The van der Waals surface area contributed by atoms with Crippen molar-refractivity contribution < 1.29 is 13.2 Å². The van der Waals surface area contributed by atoms with Crippen molar-refractivity contribution in [3.63, 3.8) is 0 Å². The van der Waals surface area contributed by atoms with E-state index in [1.165, 1.54) is 18.7 Å². The van der Waals surface area contributed by atoms with Gasteiger partial charge in [-0.3, -0.25) is 4.79 Å². The average Bonchev–Trinajstić information content (AvgIpc) is 2.35. The van der Waals surface area contributed by atoms with E-state index in [4.69, 9.17) is 5.73 Å². The monoisotopic (exact) mass is 314 g/mol. The van der Waals surface area contributed by atoms with Crippen LogP contribution in [0.5, 0.6) is 0 Å². The largest absolute Gasteiger partial charge is 0.399 e. The number of hydrogen-bond acceptors (Lipinski definition) is 5. The van der Waals surface area contributed by atoms with Gasteiger partial charge in [0.1, 0.15) is 4.75 Å². The number of nitrogen functional groups attached to an aromatic ring is 1. The first-order valence-electron chi connectivity index (χ1n) is 6.18. The molecule has 0 atom stereocenters. The number of benzene rings is 1. The number of rotatable bonds is 2. The lowest BCUT2D eigenvalue weighted by Gasteiger charge is -2.34. The first-order valence-corrected chi connectivity index (χ1v) is 9.06. The Morgan fingerprint density at radius 1 is 1.40 bits per heavy atom. The summed E-state index contributed by atoms with van der Waals surface area (Å²) in [6, 6.07) is 5.36. The number of sulfone groups is 1. The fraction of sp³-hybridized carbons (Fsp3) is 0.462. The lowest BCUT2D eigenvalue weighted by atomic mass is 10.1. The molecule has 1 aliphatic heterocycles. The molecule has 0 bridgehead atoms. The van der Waals surface area contributed by atoms with E-state index in [1.807, 2.05) is 6.07 Å². The fourth-order valence-electron chi connectivity index (χ4n) is 1.93. The average molecular weight is 314 g/mol. The molecule has 110 valence electrons. The molecule has 20 heavy (non-hydrogen) atoms. The Hall–Kier alpha value is -1.21. The number of amides is 1. The number of thioether (sulfide) groups is 1. The van der Waals surface area contributed by atoms with Crippen LogP contribution in [-0.2, 0) is 14.6 Å². The molecule has 0 saturated heterocycles. The minimum Gasteiger partial charge on any atom is -0.399 e. The maximum atomic E-state index is 12.6. The number of nitrogens with zero attached hydrogens (tertiary/aromatic N) is 1. The highest BCUT2D eigenvalue weighted by atomic mass is 32.2. The summed E-state index contributed by atoms with van der Waals surface area (Å²) in [5.41, 5.74) is 7.03. The number of carbonyl (C=O) groups is 1. The first kappa shape index (κ1) is 15.2. The van der Waals surface area contributed by atoms with E-state index in [1.54, 1.807) is 23.9 Å². The Kier molecular flexibility index (Phi) is 3.77. The summed E-state index contributed by atoms with van der Waals surface area (Å²) in [7, 11) is -3.49. The van der Waals surface area contributed by atoms with Crippen LogP contribution in [0.1, 0.15) is 13.8 Å². The van der Waals surface area contributed by atoms with Gasteiger partial charge in [-0.05, 0) is 32.0 Å². The van der Waals surface area contributed by atoms with Gasteiger partial charge < -0.3 is 10.6 Å². The van der Waals surface area contributed by atoms with Gasteiger partial charge in [-0.15, -0.1) is 11.8 Å². The van der Waals surface area contributed by atoms with Crippen LogP contribution >= 0.6 is 11.8 Å². The summed E-state index contributed by atoms with van der Waals surface area (Å²) in [6.07, 6.45) is 1.09. The van der Waals surface area contributed by atoms with Crippen molar-refractivity contribution in [1.82, 2.24) is 0 Å². The van der Waals surface area contributed by atoms with Crippen LogP contribution in [0.25, 0.3) is 0 Å². The molecule has 1 aromatic carbocycles. The smallest absolute Gasteiger partial charge is 0.247 e. The van der Waals surface area contributed by atoms with E-state index in [2.05, 4.69) is 0 Å². The van der Waals surface area contributed by atoms with Crippen LogP contribution in [-0.4, -0.2) is 37.6 Å². The highest BCUT2D eigenvalue weighted by Gasteiger charge is 2.42. The molecule has 0 aliphatic carbocycles. The molecule has 1 heterocycles. The molecule has 0 radical (unpaired) electrons. The van der Waals surface area contributed by atoms with Crippen LogP contribution in [0.15, 0.2) is 23.1 Å². The summed E-state index contributed by atoms with van der Waals surface area (Å²) < 4.78 is 22.2. The molecular weight excluding hydrogens is 296 g/mol. The number of anilines is 2. The van der Waals surface area contributed by atoms with Crippen molar-refractivity contribution >= 4 is 38.9 Å². The molecule has 5 nitrogen and oxygen atoms in total. The summed E-state index contributed by atoms with van der Waals surface area (Å²) in [5, 5.41) is 0. The van der Waals surface area contributed by atoms with Gasteiger partial charge in [-0.1, -0.05) is 0 Å².